The van der Waals surface area contributed by atoms with Gasteiger partial charge in [-0.1, -0.05) is 23.3 Å². The summed E-state index contributed by atoms with van der Waals surface area (Å²) >= 11 is 0. The third kappa shape index (κ3) is 2.59. The molecule has 0 atom stereocenters. The first kappa shape index (κ1) is 13.3. The monoisotopic (exact) mass is 309 g/mol. The predicted molar refractivity (Wildman–Crippen MR) is 80.3 cm³/mol. The number of hydrogen-bond acceptors (Lipinski definition) is 6. The van der Waals surface area contributed by atoms with Gasteiger partial charge < -0.3 is 13.9 Å². The molecular formula is C16H11N3O4. The number of ether oxygens (including phenoxy) is 2. The van der Waals surface area contributed by atoms with Crippen molar-refractivity contribution in [2.24, 2.45) is 0 Å². The number of amides is 1. The maximum Gasteiger partial charge on any atom is 0.322 e. The SMILES string of the molecule is O=C(Nc1nnc(-c2ccc3c(c2)OCO3)o1)c1ccccc1. The first-order valence-electron chi connectivity index (χ1n) is 6.89. The third-order valence-electron chi connectivity index (χ3n) is 3.30. The highest BCUT2D eigenvalue weighted by Gasteiger charge is 2.17. The van der Waals surface area contributed by atoms with Crippen molar-refractivity contribution in [2.45, 2.75) is 0 Å². The molecule has 0 saturated carbocycles. The molecule has 0 fully saturated rings. The molecule has 1 aromatic heterocycles. The number of carbonyl (C=O) groups excluding carboxylic acids is 1. The molecule has 0 spiro atoms. The molecule has 0 radical (unpaired) electrons. The lowest BCUT2D eigenvalue weighted by molar-refractivity contribution is 0.102. The summed E-state index contributed by atoms with van der Waals surface area (Å²) in [4.78, 5) is 12.0. The maximum atomic E-state index is 12.0. The molecule has 1 aliphatic rings. The molecule has 0 unspecified atom stereocenters. The molecule has 0 bridgehead atoms. The molecule has 3 aromatic rings. The van der Waals surface area contributed by atoms with Gasteiger partial charge in [0.2, 0.25) is 12.7 Å². The van der Waals surface area contributed by atoms with Crippen molar-refractivity contribution in [2.75, 3.05) is 12.1 Å². The summed E-state index contributed by atoms with van der Waals surface area (Å²) in [6.07, 6.45) is 0. The molecule has 7 nitrogen and oxygen atoms in total. The minimum absolute atomic E-state index is 0.0338. The van der Waals surface area contributed by atoms with Crippen LogP contribution in [0.1, 0.15) is 10.4 Å². The number of aromatic nitrogens is 2. The van der Waals surface area contributed by atoms with E-state index in [1.54, 1.807) is 42.5 Å². The summed E-state index contributed by atoms with van der Waals surface area (Å²) < 4.78 is 16.0. The van der Waals surface area contributed by atoms with Crippen LogP contribution in [0.5, 0.6) is 11.5 Å². The van der Waals surface area contributed by atoms with Gasteiger partial charge in [-0.15, -0.1) is 5.10 Å². The largest absolute Gasteiger partial charge is 0.454 e. The Morgan fingerprint density at radius 1 is 1.00 bits per heavy atom. The third-order valence-corrected chi connectivity index (χ3v) is 3.30. The molecule has 2 heterocycles. The van der Waals surface area contributed by atoms with Crippen molar-refractivity contribution in [1.29, 1.82) is 0 Å². The van der Waals surface area contributed by atoms with Crippen LogP contribution >= 0.6 is 0 Å². The van der Waals surface area contributed by atoms with Crippen molar-refractivity contribution in [3.63, 3.8) is 0 Å². The fourth-order valence-corrected chi connectivity index (χ4v) is 2.18. The number of carbonyl (C=O) groups is 1. The highest BCUT2D eigenvalue weighted by atomic mass is 16.7. The molecule has 1 aliphatic heterocycles. The van der Waals surface area contributed by atoms with Crippen LogP contribution in [-0.2, 0) is 0 Å². The number of nitrogens with one attached hydrogen (secondary N) is 1. The highest BCUT2D eigenvalue weighted by molar-refractivity contribution is 6.03. The number of benzene rings is 2. The van der Waals surface area contributed by atoms with Gasteiger partial charge in [0.05, 0.1) is 0 Å². The quantitative estimate of drug-likeness (QED) is 0.800. The van der Waals surface area contributed by atoms with Crippen molar-refractivity contribution in [1.82, 2.24) is 10.2 Å². The van der Waals surface area contributed by atoms with Crippen LogP contribution in [0.3, 0.4) is 0 Å². The van der Waals surface area contributed by atoms with Gasteiger partial charge >= 0.3 is 6.01 Å². The maximum absolute atomic E-state index is 12.0. The van der Waals surface area contributed by atoms with Gasteiger partial charge in [0.1, 0.15) is 0 Å². The van der Waals surface area contributed by atoms with E-state index >= 15 is 0 Å². The summed E-state index contributed by atoms with van der Waals surface area (Å²) in [6, 6.07) is 14.1. The zero-order chi connectivity index (χ0) is 15.6. The van der Waals surface area contributed by atoms with Gasteiger partial charge in [-0.05, 0) is 30.3 Å². The lowest BCUT2D eigenvalue weighted by Gasteiger charge is -2.00. The van der Waals surface area contributed by atoms with Crippen LogP contribution in [0.15, 0.2) is 52.9 Å². The molecule has 1 N–H and O–H groups in total. The fraction of sp³-hybridized carbons (Fsp3) is 0.0625. The second-order valence-electron chi connectivity index (χ2n) is 4.80. The Morgan fingerprint density at radius 3 is 2.70 bits per heavy atom. The van der Waals surface area contributed by atoms with Crippen LogP contribution < -0.4 is 14.8 Å². The average molecular weight is 309 g/mol. The fourth-order valence-electron chi connectivity index (χ4n) is 2.18. The van der Waals surface area contributed by atoms with Gasteiger partial charge in [-0.2, -0.15) is 0 Å². The smallest absolute Gasteiger partial charge is 0.322 e. The second kappa shape index (κ2) is 5.45. The minimum Gasteiger partial charge on any atom is -0.454 e. The summed E-state index contributed by atoms with van der Waals surface area (Å²) in [6.45, 7) is 0.195. The lowest BCUT2D eigenvalue weighted by atomic mass is 10.2. The summed E-state index contributed by atoms with van der Waals surface area (Å²) in [5, 5.41) is 10.3. The van der Waals surface area contributed by atoms with Crippen molar-refractivity contribution >= 4 is 11.9 Å². The summed E-state index contributed by atoms with van der Waals surface area (Å²) in [7, 11) is 0. The van der Waals surface area contributed by atoms with Gasteiger partial charge in [-0.25, -0.2) is 0 Å². The van der Waals surface area contributed by atoms with E-state index in [1.165, 1.54) is 0 Å². The molecular weight excluding hydrogens is 298 g/mol. The van der Waals surface area contributed by atoms with Crippen LogP contribution in [-0.4, -0.2) is 22.9 Å². The van der Waals surface area contributed by atoms with E-state index in [4.69, 9.17) is 13.9 Å². The minimum atomic E-state index is -0.313. The Labute approximate surface area is 130 Å². The molecule has 0 saturated heterocycles. The lowest BCUT2D eigenvalue weighted by Crippen LogP contribution is -2.11. The summed E-state index contributed by atoms with van der Waals surface area (Å²) in [5.41, 5.74) is 1.19. The number of hydrogen-bond donors (Lipinski definition) is 1. The van der Waals surface area contributed by atoms with E-state index in [-0.39, 0.29) is 24.6 Å². The first-order valence-corrected chi connectivity index (χ1v) is 6.89. The molecule has 0 aliphatic carbocycles. The highest BCUT2D eigenvalue weighted by Crippen LogP contribution is 2.35. The van der Waals surface area contributed by atoms with Gasteiger partial charge in [0, 0.05) is 11.1 Å². The topological polar surface area (TPSA) is 86.5 Å². The van der Waals surface area contributed by atoms with Crippen molar-refractivity contribution in [3.8, 4) is 23.0 Å². The standard InChI is InChI=1S/C16H11N3O4/c20-14(10-4-2-1-3-5-10)17-16-19-18-15(23-16)11-6-7-12-13(8-11)22-9-21-12/h1-8H,9H2,(H,17,19,20). The molecule has 2 aromatic carbocycles. The molecule has 4 rings (SSSR count). The Bertz CT molecular complexity index is 861. The van der Waals surface area contributed by atoms with E-state index in [9.17, 15) is 4.79 Å². The normalized spacial score (nSPS) is 12.2. The van der Waals surface area contributed by atoms with Gasteiger partial charge in [-0.3, -0.25) is 10.1 Å². The molecule has 23 heavy (non-hydrogen) atoms. The molecule has 114 valence electrons. The van der Waals surface area contributed by atoms with E-state index in [2.05, 4.69) is 15.5 Å². The van der Waals surface area contributed by atoms with Crippen molar-refractivity contribution < 1.29 is 18.7 Å². The van der Waals surface area contributed by atoms with Crippen LogP contribution in [0.4, 0.5) is 6.01 Å². The summed E-state index contributed by atoms with van der Waals surface area (Å²) in [5.74, 6) is 1.26. The van der Waals surface area contributed by atoms with E-state index in [1.807, 2.05) is 6.07 Å². The van der Waals surface area contributed by atoms with Crippen LogP contribution in [0.2, 0.25) is 0 Å². The Morgan fingerprint density at radius 2 is 1.83 bits per heavy atom. The van der Waals surface area contributed by atoms with Crippen molar-refractivity contribution in [3.05, 3.63) is 54.1 Å². The Kier molecular flexibility index (Phi) is 3.16. The number of anilines is 1. The Hall–Kier alpha value is -3.35. The van der Waals surface area contributed by atoms with Gasteiger partial charge in [0.15, 0.2) is 11.5 Å². The number of rotatable bonds is 3. The zero-order valence-electron chi connectivity index (χ0n) is 11.9. The van der Waals surface area contributed by atoms with E-state index in [0.717, 1.165) is 0 Å². The number of fused-ring (bicyclic) bond motifs is 1. The molecule has 7 heteroatoms. The van der Waals surface area contributed by atoms with Crippen LogP contribution in [0.25, 0.3) is 11.5 Å². The second-order valence-corrected chi connectivity index (χ2v) is 4.80. The first-order chi connectivity index (χ1) is 11.3. The predicted octanol–water partition coefficient (Wildman–Crippen LogP) is 2.72. The van der Waals surface area contributed by atoms with E-state index in [0.29, 0.717) is 22.6 Å². The average Bonchev–Trinajstić information content (AvgIpc) is 3.23. The number of nitrogens with zero attached hydrogens (tertiary/aromatic N) is 2. The molecule has 1 amide bonds. The van der Waals surface area contributed by atoms with E-state index < -0.39 is 0 Å². The Balaban J connectivity index is 1.54. The van der Waals surface area contributed by atoms with Gasteiger partial charge in [0.25, 0.3) is 5.91 Å². The van der Waals surface area contributed by atoms with Crippen LogP contribution in [0, 0.1) is 0 Å². The zero-order valence-corrected chi connectivity index (χ0v) is 11.9.